The van der Waals surface area contributed by atoms with Crippen LogP contribution in [-0.2, 0) is 5.60 Å². The lowest BCUT2D eigenvalue weighted by molar-refractivity contribution is -0.0495. The van der Waals surface area contributed by atoms with Crippen LogP contribution >= 0.6 is 0 Å². The van der Waals surface area contributed by atoms with Crippen LogP contribution < -0.4 is 0 Å². The van der Waals surface area contributed by atoms with Crippen molar-refractivity contribution in [2.45, 2.75) is 43.4 Å². The van der Waals surface area contributed by atoms with Crippen LogP contribution in [0.25, 0.3) is 5.65 Å². The molecule has 2 bridgehead atoms. The van der Waals surface area contributed by atoms with Crippen molar-refractivity contribution >= 4 is 5.65 Å². The van der Waals surface area contributed by atoms with E-state index < -0.39 is 5.60 Å². The van der Waals surface area contributed by atoms with Gasteiger partial charge in [0, 0.05) is 36.2 Å². The van der Waals surface area contributed by atoms with Crippen LogP contribution in [0.5, 0.6) is 0 Å². The van der Waals surface area contributed by atoms with E-state index in [1.165, 1.54) is 12.8 Å². The van der Waals surface area contributed by atoms with Gasteiger partial charge in [0.2, 0.25) is 0 Å². The molecule has 4 nitrogen and oxygen atoms in total. The van der Waals surface area contributed by atoms with Gasteiger partial charge in [-0.25, -0.2) is 4.98 Å². The molecule has 0 saturated carbocycles. The maximum Gasteiger partial charge on any atom is 0.136 e. The molecule has 0 spiro atoms. The van der Waals surface area contributed by atoms with Gasteiger partial charge in [0.25, 0.3) is 0 Å². The van der Waals surface area contributed by atoms with Crippen LogP contribution in [0.2, 0.25) is 0 Å². The van der Waals surface area contributed by atoms with E-state index in [0.717, 1.165) is 24.1 Å². The second kappa shape index (κ2) is 3.81. The number of rotatable bonds is 1. The van der Waals surface area contributed by atoms with Crippen LogP contribution in [0, 0.1) is 0 Å². The quantitative estimate of drug-likeness (QED) is 0.846. The van der Waals surface area contributed by atoms with Crippen molar-refractivity contribution in [3.63, 3.8) is 0 Å². The van der Waals surface area contributed by atoms with E-state index in [-0.39, 0.29) is 0 Å². The summed E-state index contributed by atoms with van der Waals surface area (Å²) in [5.41, 5.74) is 1.29. The molecule has 0 amide bonds. The van der Waals surface area contributed by atoms with Crippen molar-refractivity contribution < 1.29 is 5.11 Å². The van der Waals surface area contributed by atoms with Crippen molar-refractivity contribution in [1.29, 1.82) is 0 Å². The maximum absolute atomic E-state index is 11.1. The Hall–Kier alpha value is -1.39. The third-order valence-corrected chi connectivity index (χ3v) is 5.06. The Kier molecular flexibility index (Phi) is 2.29. The van der Waals surface area contributed by atoms with Crippen LogP contribution in [0.4, 0.5) is 0 Å². The molecule has 4 rings (SSSR count). The summed E-state index contributed by atoms with van der Waals surface area (Å²) in [6, 6.07) is 5.09. The minimum Gasteiger partial charge on any atom is -0.385 e. The summed E-state index contributed by atoms with van der Waals surface area (Å²) in [7, 11) is 2.20. The third-order valence-electron chi connectivity index (χ3n) is 5.06. The topological polar surface area (TPSA) is 40.8 Å². The molecule has 4 heterocycles. The van der Waals surface area contributed by atoms with Gasteiger partial charge in [0.1, 0.15) is 5.65 Å². The first-order chi connectivity index (χ1) is 9.16. The molecule has 1 N–H and O–H groups in total. The molecule has 2 aromatic rings. The first-order valence-corrected chi connectivity index (χ1v) is 7.03. The molecule has 2 aliphatic rings. The minimum absolute atomic E-state index is 0.530. The van der Waals surface area contributed by atoms with E-state index in [0.29, 0.717) is 12.1 Å². The molecule has 0 aromatic carbocycles. The SMILES string of the molecule is CN1C2CCC1CC(O)(c1ccc3nccn3c1)C2. The van der Waals surface area contributed by atoms with E-state index in [2.05, 4.69) is 16.9 Å². The molecule has 0 radical (unpaired) electrons. The summed E-state index contributed by atoms with van der Waals surface area (Å²) in [6.45, 7) is 0. The van der Waals surface area contributed by atoms with E-state index in [9.17, 15) is 5.11 Å². The molecule has 0 aliphatic carbocycles. The van der Waals surface area contributed by atoms with Crippen LogP contribution in [0.15, 0.2) is 30.7 Å². The number of pyridine rings is 1. The molecule has 2 aromatic heterocycles. The van der Waals surface area contributed by atoms with Gasteiger partial charge in [-0.2, -0.15) is 0 Å². The van der Waals surface area contributed by atoms with Crippen molar-refractivity contribution in [1.82, 2.24) is 14.3 Å². The summed E-state index contributed by atoms with van der Waals surface area (Å²) in [6.07, 6.45) is 9.90. The van der Waals surface area contributed by atoms with E-state index in [1.807, 2.05) is 28.9 Å². The lowest BCUT2D eigenvalue weighted by atomic mass is 9.81. The van der Waals surface area contributed by atoms with E-state index in [4.69, 9.17) is 0 Å². The van der Waals surface area contributed by atoms with Crippen molar-refractivity contribution in [2.24, 2.45) is 0 Å². The Morgan fingerprint density at radius 3 is 2.74 bits per heavy atom. The van der Waals surface area contributed by atoms with Gasteiger partial charge < -0.3 is 14.4 Å². The molecule has 2 saturated heterocycles. The Labute approximate surface area is 112 Å². The fourth-order valence-corrected chi connectivity index (χ4v) is 3.88. The number of aromatic nitrogens is 2. The van der Waals surface area contributed by atoms with E-state index >= 15 is 0 Å². The number of nitrogens with zero attached hydrogens (tertiary/aromatic N) is 3. The molecule has 100 valence electrons. The lowest BCUT2D eigenvalue weighted by Gasteiger charge is -2.42. The molecule has 2 atom stereocenters. The normalized spacial score (nSPS) is 35.1. The zero-order valence-electron chi connectivity index (χ0n) is 11.2. The van der Waals surface area contributed by atoms with Crippen LogP contribution in [-0.4, -0.2) is 38.5 Å². The van der Waals surface area contributed by atoms with Crippen molar-refractivity contribution in [2.75, 3.05) is 7.05 Å². The number of aliphatic hydroxyl groups is 1. The predicted molar refractivity (Wildman–Crippen MR) is 72.9 cm³/mol. The molecule has 4 heteroatoms. The summed E-state index contributed by atoms with van der Waals surface area (Å²) < 4.78 is 1.99. The first-order valence-electron chi connectivity index (χ1n) is 7.03. The minimum atomic E-state index is -0.670. The second-order valence-corrected chi connectivity index (χ2v) is 6.10. The summed E-state index contributed by atoms with van der Waals surface area (Å²) in [5.74, 6) is 0. The van der Waals surface area contributed by atoms with Gasteiger partial charge in [-0.05, 0) is 38.8 Å². The smallest absolute Gasteiger partial charge is 0.136 e. The van der Waals surface area contributed by atoms with Gasteiger partial charge in [-0.1, -0.05) is 6.07 Å². The van der Waals surface area contributed by atoms with Crippen LogP contribution in [0.1, 0.15) is 31.2 Å². The third kappa shape index (κ3) is 1.63. The zero-order valence-corrected chi connectivity index (χ0v) is 11.2. The predicted octanol–water partition coefficient (Wildman–Crippen LogP) is 1.78. The Balaban J connectivity index is 1.74. The molecule has 19 heavy (non-hydrogen) atoms. The molecular formula is C15H19N3O. The van der Waals surface area contributed by atoms with Crippen molar-refractivity contribution in [3.8, 4) is 0 Å². The Morgan fingerprint density at radius 1 is 1.26 bits per heavy atom. The summed E-state index contributed by atoms with van der Waals surface area (Å²) >= 11 is 0. The number of hydrogen-bond acceptors (Lipinski definition) is 3. The zero-order chi connectivity index (χ0) is 13.0. The highest BCUT2D eigenvalue weighted by Gasteiger charge is 2.46. The number of imidazole rings is 1. The number of fused-ring (bicyclic) bond motifs is 3. The van der Waals surface area contributed by atoms with Gasteiger partial charge in [-0.15, -0.1) is 0 Å². The summed E-state index contributed by atoms with van der Waals surface area (Å²) in [5, 5.41) is 11.1. The first kappa shape index (κ1) is 11.4. The fourth-order valence-electron chi connectivity index (χ4n) is 3.88. The van der Waals surface area contributed by atoms with Gasteiger partial charge in [0.15, 0.2) is 0 Å². The number of hydrogen-bond donors (Lipinski definition) is 1. The average Bonchev–Trinajstić information content (AvgIpc) is 2.94. The van der Waals surface area contributed by atoms with E-state index in [1.54, 1.807) is 6.20 Å². The van der Waals surface area contributed by atoms with Gasteiger partial charge in [0.05, 0.1) is 5.60 Å². The van der Waals surface area contributed by atoms with Crippen LogP contribution in [0.3, 0.4) is 0 Å². The Morgan fingerprint density at radius 2 is 2.00 bits per heavy atom. The molecule has 2 unspecified atom stereocenters. The van der Waals surface area contributed by atoms with Gasteiger partial charge in [-0.3, -0.25) is 0 Å². The Bertz CT molecular complexity index is 607. The monoisotopic (exact) mass is 257 g/mol. The largest absolute Gasteiger partial charge is 0.385 e. The second-order valence-electron chi connectivity index (χ2n) is 6.10. The summed E-state index contributed by atoms with van der Waals surface area (Å²) in [4.78, 5) is 6.70. The molecule has 2 fully saturated rings. The standard InChI is InChI=1S/C15H19N3O/c1-17-12-3-4-13(17)9-15(19,8-12)11-2-5-14-16-6-7-18(14)10-11/h2,5-7,10,12-13,19H,3-4,8-9H2,1H3. The lowest BCUT2D eigenvalue weighted by Crippen LogP contribution is -2.47. The average molecular weight is 257 g/mol. The highest BCUT2D eigenvalue weighted by Crippen LogP contribution is 2.44. The highest BCUT2D eigenvalue weighted by atomic mass is 16.3. The molecule has 2 aliphatic heterocycles. The highest BCUT2D eigenvalue weighted by molar-refractivity contribution is 5.41. The maximum atomic E-state index is 11.1. The fraction of sp³-hybridized carbons (Fsp3) is 0.533. The molecular weight excluding hydrogens is 238 g/mol. The number of piperidine rings is 1. The van der Waals surface area contributed by atoms with Gasteiger partial charge >= 0.3 is 0 Å². The van der Waals surface area contributed by atoms with Crippen molar-refractivity contribution in [3.05, 3.63) is 36.3 Å².